The standard InChI is InChI=1S/C7H7N3O3/c11-6-2-1-5(3-8-6)4-9-10-7(12)13/h1-4,10H,(H,8,11)(H,12,13). The van der Waals surface area contributed by atoms with Gasteiger partial charge in [0.15, 0.2) is 0 Å². The molecule has 0 fully saturated rings. The van der Waals surface area contributed by atoms with E-state index in [1.54, 1.807) is 5.43 Å². The average molecular weight is 181 g/mol. The number of aromatic amines is 1. The highest BCUT2D eigenvalue weighted by Crippen LogP contribution is 1.86. The van der Waals surface area contributed by atoms with Gasteiger partial charge in [0.25, 0.3) is 0 Å². The molecule has 1 aromatic heterocycles. The van der Waals surface area contributed by atoms with Crippen LogP contribution in [-0.4, -0.2) is 22.4 Å². The maximum Gasteiger partial charge on any atom is 0.425 e. The van der Waals surface area contributed by atoms with Crippen molar-refractivity contribution in [1.82, 2.24) is 10.4 Å². The topological polar surface area (TPSA) is 94.5 Å². The highest BCUT2D eigenvalue weighted by atomic mass is 16.4. The molecule has 0 atom stereocenters. The molecule has 68 valence electrons. The number of rotatable bonds is 2. The number of amides is 1. The molecule has 3 N–H and O–H groups in total. The van der Waals surface area contributed by atoms with Crippen molar-refractivity contribution in [1.29, 1.82) is 0 Å². The third-order valence-corrected chi connectivity index (χ3v) is 1.18. The normalized spacial score (nSPS) is 10.2. The van der Waals surface area contributed by atoms with Crippen LogP contribution < -0.4 is 11.0 Å². The highest BCUT2D eigenvalue weighted by Gasteiger charge is 1.89. The number of hydrogen-bond donors (Lipinski definition) is 3. The molecule has 6 heteroatoms. The zero-order valence-corrected chi connectivity index (χ0v) is 6.52. The molecule has 0 spiro atoms. The van der Waals surface area contributed by atoms with E-state index in [4.69, 9.17) is 5.11 Å². The van der Waals surface area contributed by atoms with Gasteiger partial charge in [0.1, 0.15) is 0 Å². The fourth-order valence-corrected chi connectivity index (χ4v) is 0.665. The molecule has 0 aromatic carbocycles. The summed E-state index contributed by atoms with van der Waals surface area (Å²) in [6.07, 6.45) is 1.47. The Balaban J connectivity index is 2.64. The average Bonchev–Trinajstić information content (AvgIpc) is 2.08. The van der Waals surface area contributed by atoms with E-state index in [1.807, 2.05) is 0 Å². The summed E-state index contributed by atoms with van der Waals surface area (Å²) in [6, 6.07) is 2.84. The van der Waals surface area contributed by atoms with Crippen LogP contribution in [0, 0.1) is 0 Å². The number of carbonyl (C=O) groups is 1. The van der Waals surface area contributed by atoms with Crippen molar-refractivity contribution < 1.29 is 9.90 Å². The first-order chi connectivity index (χ1) is 6.18. The monoisotopic (exact) mass is 181 g/mol. The maximum atomic E-state index is 10.6. The number of carboxylic acid groups (broad SMARTS) is 1. The van der Waals surface area contributed by atoms with E-state index in [-0.39, 0.29) is 5.56 Å². The lowest BCUT2D eigenvalue weighted by molar-refractivity contribution is 0.195. The Morgan fingerprint density at radius 1 is 1.62 bits per heavy atom. The SMILES string of the molecule is O=C(O)NN=Cc1ccc(=O)[nH]c1. The van der Waals surface area contributed by atoms with Gasteiger partial charge >= 0.3 is 6.09 Å². The van der Waals surface area contributed by atoms with Gasteiger partial charge in [0.05, 0.1) is 6.21 Å². The minimum atomic E-state index is -1.24. The second kappa shape index (κ2) is 4.05. The number of hydrazone groups is 1. The highest BCUT2D eigenvalue weighted by molar-refractivity contribution is 5.79. The van der Waals surface area contributed by atoms with Crippen molar-refractivity contribution in [3.63, 3.8) is 0 Å². The van der Waals surface area contributed by atoms with Crippen molar-refractivity contribution in [2.24, 2.45) is 5.10 Å². The van der Waals surface area contributed by atoms with Gasteiger partial charge < -0.3 is 10.1 Å². The quantitative estimate of drug-likeness (QED) is 0.442. The molecule has 0 aliphatic heterocycles. The van der Waals surface area contributed by atoms with E-state index in [2.05, 4.69) is 10.1 Å². The lowest BCUT2D eigenvalue weighted by Gasteiger charge is -1.90. The Hall–Kier alpha value is -2.11. The van der Waals surface area contributed by atoms with Crippen molar-refractivity contribution in [3.05, 3.63) is 34.2 Å². The first-order valence-corrected chi connectivity index (χ1v) is 3.39. The molecular formula is C7H7N3O3. The number of nitrogens with one attached hydrogen (secondary N) is 2. The van der Waals surface area contributed by atoms with Crippen LogP contribution in [-0.2, 0) is 0 Å². The summed E-state index contributed by atoms with van der Waals surface area (Å²) in [7, 11) is 0. The van der Waals surface area contributed by atoms with E-state index in [9.17, 15) is 9.59 Å². The molecule has 0 saturated heterocycles. The molecule has 1 aromatic rings. The van der Waals surface area contributed by atoms with Gasteiger partial charge in [-0.15, -0.1) is 0 Å². The van der Waals surface area contributed by atoms with Crippen molar-refractivity contribution in [2.75, 3.05) is 0 Å². The summed E-state index contributed by atoms with van der Waals surface area (Å²) in [4.78, 5) is 23.0. The predicted molar refractivity (Wildman–Crippen MR) is 45.8 cm³/mol. The van der Waals surface area contributed by atoms with E-state index >= 15 is 0 Å². The Morgan fingerprint density at radius 3 is 2.92 bits per heavy atom. The molecule has 13 heavy (non-hydrogen) atoms. The molecule has 1 rings (SSSR count). The molecule has 6 nitrogen and oxygen atoms in total. The molecule has 0 bridgehead atoms. The number of aromatic nitrogens is 1. The largest absolute Gasteiger partial charge is 0.464 e. The maximum absolute atomic E-state index is 10.6. The molecule has 0 aliphatic rings. The summed E-state index contributed by atoms with van der Waals surface area (Å²) in [5.41, 5.74) is 2.19. The summed E-state index contributed by atoms with van der Waals surface area (Å²) in [5, 5.41) is 11.5. The molecule has 0 radical (unpaired) electrons. The molecule has 0 saturated carbocycles. The summed E-state index contributed by atoms with van der Waals surface area (Å²) < 4.78 is 0. The van der Waals surface area contributed by atoms with Crippen molar-refractivity contribution in [3.8, 4) is 0 Å². The van der Waals surface area contributed by atoms with Gasteiger partial charge in [0, 0.05) is 17.8 Å². The van der Waals surface area contributed by atoms with Crippen LogP contribution in [0.15, 0.2) is 28.2 Å². The first kappa shape index (κ1) is 8.98. The number of H-pyrrole nitrogens is 1. The summed E-state index contributed by atoms with van der Waals surface area (Å²) in [5.74, 6) is 0. The van der Waals surface area contributed by atoms with E-state index < -0.39 is 6.09 Å². The van der Waals surface area contributed by atoms with Crippen LogP contribution in [0.1, 0.15) is 5.56 Å². The minimum Gasteiger partial charge on any atom is -0.464 e. The van der Waals surface area contributed by atoms with E-state index in [0.717, 1.165) is 0 Å². The zero-order chi connectivity index (χ0) is 9.68. The van der Waals surface area contributed by atoms with Crippen LogP contribution in [0.5, 0.6) is 0 Å². The second-order valence-corrected chi connectivity index (χ2v) is 2.16. The Kier molecular flexibility index (Phi) is 2.80. The van der Waals surface area contributed by atoms with E-state index in [0.29, 0.717) is 5.56 Å². The third kappa shape index (κ3) is 3.19. The predicted octanol–water partition coefficient (Wildman–Crippen LogP) is -0.0236. The van der Waals surface area contributed by atoms with Gasteiger partial charge in [-0.1, -0.05) is 0 Å². The smallest absolute Gasteiger partial charge is 0.425 e. The lowest BCUT2D eigenvalue weighted by Crippen LogP contribution is -2.13. The minimum absolute atomic E-state index is 0.219. The summed E-state index contributed by atoms with van der Waals surface area (Å²) in [6.45, 7) is 0. The number of nitrogens with zero attached hydrogens (tertiary/aromatic N) is 1. The van der Waals surface area contributed by atoms with Gasteiger partial charge in [-0.3, -0.25) is 4.79 Å². The van der Waals surface area contributed by atoms with Gasteiger partial charge in [-0.2, -0.15) is 5.10 Å². The van der Waals surface area contributed by atoms with Crippen LogP contribution >= 0.6 is 0 Å². The lowest BCUT2D eigenvalue weighted by atomic mass is 10.3. The molecule has 0 unspecified atom stereocenters. The van der Waals surface area contributed by atoms with Gasteiger partial charge in [0.2, 0.25) is 5.56 Å². The zero-order valence-electron chi connectivity index (χ0n) is 6.52. The molecule has 1 amide bonds. The number of hydrogen-bond acceptors (Lipinski definition) is 3. The second-order valence-electron chi connectivity index (χ2n) is 2.16. The van der Waals surface area contributed by atoms with Crippen LogP contribution in [0.25, 0.3) is 0 Å². The van der Waals surface area contributed by atoms with Crippen molar-refractivity contribution >= 4 is 12.3 Å². The van der Waals surface area contributed by atoms with E-state index in [1.165, 1.54) is 24.5 Å². The Bertz CT molecular complexity index is 362. The summed E-state index contributed by atoms with van der Waals surface area (Å²) >= 11 is 0. The van der Waals surface area contributed by atoms with Crippen LogP contribution in [0.4, 0.5) is 4.79 Å². The fourth-order valence-electron chi connectivity index (χ4n) is 0.665. The van der Waals surface area contributed by atoms with Crippen LogP contribution in [0.3, 0.4) is 0 Å². The molecule has 1 heterocycles. The van der Waals surface area contributed by atoms with Gasteiger partial charge in [-0.05, 0) is 6.07 Å². The fraction of sp³-hybridized carbons (Fsp3) is 0. The Labute approximate surface area is 72.9 Å². The first-order valence-electron chi connectivity index (χ1n) is 3.39. The molecular weight excluding hydrogens is 174 g/mol. The van der Waals surface area contributed by atoms with Crippen LogP contribution in [0.2, 0.25) is 0 Å². The third-order valence-electron chi connectivity index (χ3n) is 1.18. The van der Waals surface area contributed by atoms with Crippen molar-refractivity contribution in [2.45, 2.75) is 0 Å². The Morgan fingerprint density at radius 2 is 2.38 bits per heavy atom. The number of pyridine rings is 1. The molecule has 0 aliphatic carbocycles. The van der Waals surface area contributed by atoms with Gasteiger partial charge in [-0.25, -0.2) is 10.2 Å².